The van der Waals surface area contributed by atoms with Gasteiger partial charge in [-0.05, 0) is 69.8 Å². The molecular formula is C25H41N5O. The third-order valence-corrected chi connectivity index (χ3v) is 7.67. The number of hydrogen-bond acceptors (Lipinski definition) is 5. The van der Waals surface area contributed by atoms with Gasteiger partial charge in [0.15, 0.2) is 0 Å². The van der Waals surface area contributed by atoms with Crippen molar-refractivity contribution in [2.45, 2.75) is 57.5 Å². The van der Waals surface area contributed by atoms with Crippen molar-refractivity contribution in [2.24, 2.45) is 11.8 Å². The van der Waals surface area contributed by atoms with E-state index >= 15 is 0 Å². The second kappa shape index (κ2) is 11.4. The molecule has 0 saturated carbocycles. The molecule has 3 heterocycles. The van der Waals surface area contributed by atoms with Crippen molar-refractivity contribution in [3.8, 4) is 0 Å². The highest BCUT2D eigenvalue weighted by Crippen LogP contribution is 2.28. The summed E-state index contributed by atoms with van der Waals surface area (Å²) >= 11 is 0. The first-order chi connectivity index (χ1) is 15.2. The lowest BCUT2D eigenvalue weighted by Gasteiger charge is -2.34. The van der Waals surface area contributed by atoms with Crippen LogP contribution in [-0.4, -0.2) is 67.6 Å². The molecule has 3 aliphatic heterocycles. The molecule has 3 fully saturated rings. The summed E-state index contributed by atoms with van der Waals surface area (Å²) in [6.07, 6.45) is 6.68. The Balaban J connectivity index is 1.13. The van der Waals surface area contributed by atoms with Crippen molar-refractivity contribution in [1.29, 1.82) is 0 Å². The van der Waals surface area contributed by atoms with Crippen LogP contribution in [0.25, 0.3) is 0 Å². The van der Waals surface area contributed by atoms with Crippen molar-refractivity contribution < 1.29 is 4.79 Å². The molecule has 172 valence electrons. The molecule has 3 unspecified atom stereocenters. The zero-order valence-electron chi connectivity index (χ0n) is 19.2. The molecule has 3 atom stereocenters. The van der Waals surface area contributed by atoms with Crippen LogP contribution in [0, 0.1) is 11.8 Å². The van der Waals surface area contributed by atoms with Crippen molar-refractivity contribution in [2.75, 3.05) is 45.8 Å². The van der Waals surface area contributed by atoms with Crippen molar-refractivity contribution in [3.63, 3.8) is 0 Å². The van der Waals surface area contributed by atoms with E-state index in [4.69, 9.17) is 0 Å². The van der Waals surface area contributed by atoms with E-state index < -0.39 is 0 Å². The quantitative estimate of drug-likeness (QED) is 0.565. The Hall–Kier alpha value is -1.47. The minimum Gasteiger partial charge on any atom is -0.355 e. The topological polar surface area (TPSA) is 59.6 Å². The fourth-order valence-corrected chi connectivity index (χ4v) is 5.71. The summed E-state index contributed by atoms with van der Waals surface area (Å²) in [5.41, 5.74) is 8.21. The number of carbonyl (C=O) groups excluding carboxylic acids is 1. The van der Waals surface area contributed by atoms with E-state index in [-0.39, 0.29) is 5.91 Å². The number of nitrogens with zero attached hydrogens (tertiary/aromatic N) is 2. The van der Waals surface area contributed by atoms with Gasteiger partial charge in [-0.25, -0.2) is 5.43 Å². The third-order valence-electron chi connectivity index (χ3n) is 7.67. The van der Waals surface area contributed by atoms with Gasteiger partial charge in [-0.1, -0.05) is 37.3 Å². The maximum absolute atomic E-state index is 12.3. The second-order valence-corrected chi connectivity index (χ2v) is 9.69. The van der Waals surface area contributed by atoms with Gasteiger partial charge < -0.3 is 10.2 Å². The predicted octanol–water partition coefficient (Wildman–Crippen LogP) is 2.54. The van der Waals surface area contributed by atoms with E-state index in [2.05, 4.69) is 63.2 Å². The first-order valence-corrected chi connectivity index (χ1v) is 12.5. The number of hydrogen-bond donors (Lipinski definition) is 3. The van der Waals surface area contributed by atoms with Crippen molar-refractivity contribution in [3.05, 3.63) is 35.9 Å². The molecule has 0 aromatic heterocycles. The molecule has 4 rings (SSSR count). The number of likely N-dealkylation sites (tertiary alicyclic amines) is 2. The lowest BCUT2D eigenvalue weighted by molar-refractivity contribution is -0.121. The Morgan fingerprint density at radius 2 is 1.94 bits per heavy atom. The van der Waals surface area contributed by atoms with E-state index in [1.54, 1.807) is 0 Å². The molecule has 0 spiro atoms. The first kappa shape index (κ1) is 22.7. The highest BCUT2D eigenvalue weighted by atomic mass is 16.1. The molecule has 0 aliphatic carbocycles. The molecule has 3 saturated heterocycles. The summed E-state index contributed by atoms with van der Waals surface area (Å²) in [4.78, 5) is 17.5. The SMILES string of the molecule is CCN1CCCC1CNC(=O)CCC1CCN(CC2CNNC2c2ccccc2)CC1. The third kappa shape index (κ3) is 6.28. The summed E-state index contributed by atoms with van der Waals surface area (Å²) in [7, 11) is 0. The number of piperidine rings is 1. The Labute approximate surface area is 188 Å². The van der Waals surface area contributed by atoms with E-state index in [1.807, 2.05) is 0 Å². The van der Waals surface area contributed by atoms with Gasteiger partial charge in [-0.2, -0.15) is 0 Å². The van der Waals surface area contributed by atoms with Gasteiger partial charge in [0.25, 0.3) is 0 Å². The normalized spacial score (nSPS) is 28.2. The van der Waals surface area contributed by atoms with Crippen molar-refractivity contribution in [1.82, 2.24) is 26.0 Å². The number of likely N-dealkylation sites (N-methyl/N-ethyl adjacent to an activating group) is 1. The molecule has 3 N–H and O–H groups in total. The summed E-state index contributed by atoms with van der Waals surface area (Å²) in [5, 5.41) is 3.20. The Morgan fingerprint density at radius 1 is 1.13 bits per heavy atom. The van der Waals surface area contributed by atoms with Crippen LogP contribution in [0.3, 0.4) is 0 Å². The summed E-state index contributed by atoms with van der Waals surface area (Å²) < 4.78 is 0. The lowest BCUT2D eigenvalue weighted by Crippen LogP contribution is -2.40. The summed E-state index contributed by atoms with van der Waals surface area (Å²) in [5.74, 6) is 1.55. The standard InChI is InChI=1S/C25H41N5O/c1-2-30-14-6-9-23(30)18-26-24(31)11-10-20-12-15-29(16-13-20)19-22-17-27-28-25(22)21-7-4-3-5-8-21/h3-5,7-8,20,22-23,25,27-28H,2,6,9-19H2,1H3,(H,26,31). The second-order valence-electron chi connectivity index (χ2n) is 9.69. The monoisotopic (exact) mass is 427 g/mol. The van der Waals surface area contributed by atoms with Gasteiger partial charge in [-0.3, -0.25) is 15.1 Å². The van der Waals surface area contributed by atoms with Gasteiger partial charge in [0.2, 0.25) is 5.91 Å². The molecule has 6 nitrogen and oxygen atoms in total. The van der Waals surface area contributed by atoms with Crippen LogP contribution in [-0.2, 0) is 4.79 Å². The van der Waals surface area contributed by atoms with Gasteiger partial charge in [0.1, 0.15) is 0 Å². The number of rotatable bonds is 9. The minimum absolute atomic E-state index is 0.249. The van der Waals surface area contributed by atoms with Crippen LogP contribution in [0.2, 0.25) is 0 Å². The van der Waals surface area contributed by atoms with Crippen LogP contribution >= 0.6 is 0 Å². The van der Waals surface area contributed by atoms with E-state index in [0.717, 1.165) is 45.7 Å². The van der Waals surface area contributed by atoms with Gasteiger partial charge in [0.05, 0.1) is 6.04 Å². The number of nitrogens with one attached hydrogen (secondary N) is 3. The molecular weight excluding hydrogens is 386 g/mol. The molecule has 1 amide bonds. The number of carbonyl (C=O) groups is 1. The van der Waals surface area contributed by atoms with Crippen LogP contribution in [0.4, 0.5) is 0 Å². The molecule has 31 heavy (non-hydrogen) atoms. The van der Waals surface area contributed by atoms with Crippen LogP contribution in [0.15, 0.2) is 30.3 Å². The minimum atomic E-state index is 0.249. The maximum atomic E-state index is 12.3. The van der Waals surface area contributed by atoms with E-state index in [0.29, 0.717) is 30.3 Å². The average Bonchev–Trinajstić information content (AvgIpc) is 3.47. The number of amides is 1. The number of hydrazine groups is 1. The molecule has 6 heteroatoms. The largest absolute Gasteiger partial charge is 0.355 e. The number of benzene rings is 1. The average molecular weight is 428 g/mol. The van der Waals surface area contributed by atoms with E-state index in [9.17, 15) is 4.79 Å². The Kier molecular flexibility index (Phi) is 8.36. The smallest absolute Gasteiger partial charge is 0.220 e. The fourth-order valence-electron chi connectivity index (χ4n) is 5.71. The van der Waals surface area contributed by atoms with Gasteiger partial charge >= 0.3 is 0 Å². The zero-order valence-corrected chi connectivity index (χ0v) is 19.2. The van der Waals surface area contributed by atoms with E-state index in [1.165, 1.54) is 37.8 Å². The van der Waals surface area contributed by atoms with Gasteiger partial charge in [-0.15, -0.1) is 0 Å². The summed E-state index contributed by atoms with van der Waals surface area (Å²) in [6, 6.07) is 11.7. The molecule has 1 aromatic rings. The fraction of sp³-hybridized carbons (Fsp3) is 0.720. The molecule has 1 aromatic carbocycles. The van der Waals surface area contributed by atoms with Crippen LogP contribution in [0.5, 0.6) is 0 Å². The zero-order chi connectivity index (χ0) is 21.5. The summed E-state index contributed by atoms with van der Waals surface area (Å²) in [6.45, 7) is 9.83. The molecule has 0 bridgehead atoms. The Bertz CT molecular complexity index is 676. The lowest BCUT2D eigenvalue weighted by atomic mass is 9.90. The molecule has 3 aliphatic rings. The Morgan fingerprint density at radius 3 is 2.71 bits per heavy atom. The highest BCUT2D eigenvalue weighted by Gasteiger charge is 2.31. The first-order valence-electron chi connectivity index (χ1n) is 12.5. The van der Waals surface area contributed by atoms with Gasteiger partial charge in [0, 0.05) is 38.0 Å². The van der Waals surface area contributed by atoms with Crippen LogP contribution in [0.1, 0.15) is 57.1 Å². The predicted molar refractivity (Wildman–Crippen MR) is 125 cm³/mol. The maximum Gasteiger partial charge on any atom is 0.220 e. The van der Waals surface area contributed by atoms with Crippen molar-refractivity contribution >= 4 is 5.91 Å². The molecule has 0 radical (unpaired) electrons. The highest BCUT2D eigenvalue weighted by molar-refractivity contribution is 5.75. The van der Waals surface area contributed by atoms with Crippen LogP contribution < -0.4 is 16.2 Å².